The SMILES string of the molecule is CCOCc1nc(C(C)CN)cs1. The van der Waals surface area contributed by atoms with E-state index in [0.29, 0.717) is 19.1 Å². The zero-order chi connectivity index (χ0) is 9.68. The van der Waals surface area contributed by atoms with E-state index in [0.717, 1.165) is 17.3 Å². The van der Waals surface area contributed by atoms with Crippen LogP contribution in [0.25, 0.3) is 0 Å². The molecule has 1 unspecified atom stereocenters. The summed E-state index contributed by atoms with van der Waals surface area (Å²) in [5, 5.41) is 3.10. The second kappa shape index (κ2) is 5.32. The Morgan fingerprint density at radius 2 is 2.46 bits per heavy atom. The van der Waals surface area contributed by atoms with E-state index in [1.165, 1.54) is 0 Å². The summed E-state index contributed by atoms with van der Waals surface area (Å²) >= 11 is 1.64. The molecule has 0 fully saturated rings. The average molecular weight is 200 g/mol. The van der Waals surface area contributed by atoms with Crippen LogP contribution in [0, 0.1) is 0 Å². The molecule has 2 N–H and O–H groups in total. The van der Waals surface area contributed by atoms with Crippen molar-refractivity contribution in [1.82, 2.24) is 4.98 Å². The van der Waals surface area contributed by atoms with Crippen LogP contribution in [0.15, 0.2) is 5.38 Å². The Morgan fingerprint density at radius 1 is 1.69 bits per heavy atom. The van der Waals surface area contributed by atoms with Crippen LogP contribution in [0.5, 0.6) is 0 Å². The molecule has 0 bridgehead atoms. The third kappa shape index (κ3) is 3.06. The standard InChI is InChI=1S/C9H16N2OS/c1-3-12-5-9-11-8(6-13-9)7(2)4-10/h6-7H,3-5,10H2,1-2H3. The fraction of sp³-hybridized carbons (Fsp3) is 0.667. The zero-order valence-electron chi connectivity index (χ0n) is 8.12. The molecule has 0 aliphatic carbocycles. The highest BCUT2D eigenvalue weighted by molar-refractivity contribution is 7.09. The largest absolute Gasteiger partial charge is 0.375 e. The Bertz CT molecular complexity index is 250. The molecule has 4 heteroatoms. The maximum Gasteiger partial charge on any atom is 0.119 e. The molecule has 0 radical (unpaired) electrons. The number of thiazole rings is 1. The van der Waals surface area contributed by atoms with Crippen molar-refractivity contribution in [2.24, 2.45) is 5.73 Å². The molecule has 1 rings (SSSR count). The topological polar surface area (TPSA) is 48.1 Å². The minimum Gasteiger partial charge on any atom is -0.375 e. The van der Waals surface area contributed by atoms with Gasteiger partial charge < -0.3 is 10.5 Å². The van der Waals surface area contributed by atoms with E-state index in [9.17, 15) is 0 Å². The molecule has 0 amide bonds. The molecular formula is C9H16N2OS. The van der Waals surface area contributed by atoms with Gasteiger partial charge in [0.15, 0.2) is 0 Å². The monoisotopic (exact) mass is 200 g/mol. The Kier molecular flexibility index (Phi) is 4.35. The molecule has 0 saturated carbocycles. The maximum absolute atomic E-state index is 5.55. The van der Waals surface area contributed by atoms with Crippen molar-refractivity contribution in [2.45, 2.75) is 26.4 Å². The first-order chi connectivity index (χ1) is 6.27. The van der Waals surface area contributed by atoms with Crippen LogP contribution < -0.4 is 5.73 Å². The van der Waals surface area contributed by atoms with E-state index < -0.39 is 0 Å². The van der Waals surface area contributed by atoms with Gasteiger partial charge in [-0.15, -0.1) is 11.3 Å². The number of hydrogen-bond acceptors (Lipinski definition) is 4. The lowest BCUT2D eigenvalue weighted by Crippen LogP contribution is -2.09. The Morgan fingerprint density at radius 3 is 3.08 bits per heavy atom. The molecule has 1 heterocycles. The van der Waals surface area contributed by atoms with Crippen LogP contribution in [0.3, 0.4) is 0 Å². The lowest BCUT2D eigenvalue weighted by Gasteiger charge is -2.02. The molecule has 1 aromatic rings. The van der Waals surface area contributed by atoms with Crippen molar-refractivity contribution in [3.05, 3.63) is 16.1 Å². The van der Waals surface area contributed by atoms with Gasteiger partial charge in [0.05, 0.1) is 12.3 Å². The summed E-state index contributed by atoms with van der Waals surface area (Å²) in [7, 11) is 0. The summed E-state index contributed by atoms with van der Waals surface area (Å²) in [6.07, 6.45) is 0. The van der Waals surface area contributed by atoms with Gasteiger partial charge in [-0.2, -0.15) is 0 Å². The summed E-state index contributed by atoms with van der Waals surface area (Å²) in [4.78, 5) is 4.43. The molecule has 1 aromatic heterocycles. The molecule has 0 aliphatic rings. The molecule has 13 heavy (non-hydrogen) atoms. The summed E-state index contributed by atoms with van der Waals surface area (Å²) in [6.45, 7) is 6.08. The third-order valence-electron chi connectivity index (χ3n) is 1.86. The Balaban J connectivity index is 2.53. The number of nitrogens with zero attached hydrogens (tertiary/aromatic N) is 1. The van der Waals surface area contributed by atoms with E-state index >= 15 is 0 Å². The fourth-order valence-corrected chi connectivity index (χ4v) is 1.78. The van der Waals surface area contributed by atoms with Gasteiger partial charge in [-0.05, 0) is 6.92 Å². The molecule has 74 valence electrons. The molecule has 0 spiro atoms. The van der Waals surface area contributed by atoms with Gasteiger partial charge in [0, 0.05) is 24.4 Å². The van der Waals surface area contributed by atoms with E-state index in [1.807, 2.05) is 6.92 Å². The van der Waals surface area contributed by atoms with Gasteiger partial charge in [-0.1, -0.05) is 6.92 Å². The van der Waals surface area contributed by atoms with Crippen LogP contribution in [-0.2, 0) is 11.3 Å². The third-order valence-corrected chi connectivity index (χ3v) is 2.70. The molecule has 0 aromatic carbocycles. The lowest BCUT2D eigenvalue weighted by molar-refractivity contribution is 0.133. The van der Waals surface area contributed by atoms with Crippen molar-refractivity contribution >= 4 is 11.3 Å². The van der Waals surface area contributed by atoms with Crippen LogP contribution in [0.2, 0.25) is 0 Å². The van der Waals surface area contributed by atoms with Crippen LogP contribution in [0.4, 0.5) is 0 Å². The highest BCUT2D eigenvalue weighted by Gasteiger charge is 2.07. The minimum absolute atomic E-state index is 0.353. The van der Waals surface area contributed by atoms with Crippen LogP contribution in [-0.4, -0.2) is 18.1 Å². The normalized spacial score (nSPS) is 13.2. The van der Waals surface area contributed by atoms with Crippen molar-refractivity contribution in [3.63, 3.8) is 0 Å². The fourth-order valence-electron chi connectivity index (χ4n) is 0.928. The van der Waals surface area contributed by atoms with Crippen LogP contribution in [0.1, 0.15) is 30.5 Å². The van der Waals surface area contributed by atoms with E-state index in [-0.39, 0.29) is 0 Å². The highest BCUT2D eigenvalue weighted by atomic mass is 32.1. The van der Waals surface area contributed by atoms with E-state index in [1.54, 1.807) is 11.3 Å². The predicted octanol–water partition coefficient (Wildman–Crippen LogP) is 1.74. The number of rotatable bonds is 5. The number of nitrogens with two attached hydrogens (primary N) is 1. The van der Waals surface area contributed by atoms with Gasteiger partial charge in [0.2, 0.25) is 0 Å². The minimum atomic E-state index is 0.353. The lowest BCUT2D eigenvalue weighted by atomic mass is 10.1. The second-order valence-electron chi connectivity index (χ2n) is 2.94. The van der Waals surface area contributed by atoms with E-state index in [4.69, 9.17) is 10.5 Å². The molecule has 0 aliphatic heterocycles. The molecule has 3 nitrogen and oxygen atoms in total. The second-order valence-corrected chi connectivity index (χ2v) is 3.88. The molecular weight excluding hydrogens is 184 g/mol. The average Bonchev–Trinajstić information content (AvgIpc) is 2.62. The first kappa shape index (κ1) is 10.6. The Hall–Kier alpha value is -0.450. The Labute approximate surface area is 82.9 Å². The highest BCUT2D eigenvalue weighted by Crippen LogP contribution is 2.17. The quantitative estimate of drug-likeness (QED) is 0.787. The first-order valence-electron chi connectivity index (χ1n) is 4.50. The predicted molar refractivity (Wildman–Crippen MR) is 54.9 cm³/mol. The first-order valence-corrected chi connectivity index (χ1v) is 5.38. The number of ether oxygens (including phenoxy) is 1. The maximum atomic E-state index is 5.55. The van der Waals surface area contributed by atoms with Gasteiger partial charge in [-0.25, -0.2) is 4.98 Å². The van der Waals surface area contributed by atoms with Crippen molar-refractivity contribution in [3.8, 4) is 0 Å². The van der Waals surface area contributed by atoms with E-state index in [2.05, 4.69) is 17.3 Å². The van der Waals surface area contributed by atoms with Crippen molar-refractivity contribution < 1.29 is 4.74 Å². The summed E-state index contributed by atoms with van der Waals surface area (Å²) in [5.74, 6) is 0.353. The van der Waals surface area contributed by atoms with Crippen LogP contribution >= 0.6 is 11.3 Å². The smallest absolute Gasteiger partial charge is 0.119 e. The zero-order valence-corrected chi connectivity index (χ0v) is 8.93. The van der Waals surface area contributed by atoms with Crippen molar-refractivity contribution in [1.29, 1.82) is 0 Å². The molecule has 0 saturated heterocycles. The van der Waals surface area contributed by atoms with Gasteiger partial charge in [0.1, 0.15) is 5.01 Å². The van der Waals surface area contributed by atoms with Crippen molar-refractivity contribution in [2.75, 3.05) is 13.2 Å². The molecule has 1 atom stereocenters. The summed E-state index contributed by atoms with van der Waals surface area (Å²) in [5.41, 5.74) is 6.63. The summed E-state index contributed by atoms with van der Waals surface area (Å²) < 4.78 is 5.26. The number of hydrogen-bond donors (Lipinski definition) is 1. The van der Waals surface area contributed by atoms with Gasteiger partial charge in [0.25, 0.3) is 0 Å². The number of aromatic nitrogens is 1. The summed E-state index contributed by atoms with van der Waals surface area (Å²) in [6, 6.07) is 0. The van der Waals surface area contributed by atoms with Gasteiger partial charge >= 0.3 is 0 Å². The van der Waals surface area contributed by atoms with Gasteiger partial charge in [-0.3, -0.25) is 0 Å².